The minimum Gasteiger partial charge on any atom is -0.456 e. The molecular formula is C15H17F2N5O2. The first kappa shape index (κ1) is 15.2. The first-order valence-corrected chi connectivity index (χ1v) is 8.02. The van der Waals surface area contributed by atoms with Crippen molar-refractivity contribution in [1.29, 1.82) is 0 Å². The first-order valence-electron chi connectivity index (χ1n) is 8.02. The predicted octanol–water partition coefficient (Wildman–Crippen LogP) is 2.01. The summed E-state index contributed by atoms with van der Waals surface area (Å²) in [5.74, 6) is -2.81. The number of nitrogens with zero attached hydrogens (tertiary/aromatic N) is 4. The molecule has 1 saturated carbocycles. The van der Waals surface area contributed by atoms with Gasteiger partial charge in [-0.25, -0.2) is 8.78 Å². The Kier molecular flexibility index (Phi) is 3.58. The van der Waals surface area contributed by atoms with Crippen LogP contribution in [0.2, 0.25) is 0 Å². The Balaban J connectivity index is 1.43. The molecule has 0 radical (unpaired) electrons. The van der Waals surface area contributed by atoms with Gasteiger partial charge in [0, 0.05) is 24.8 Å². The highest BCUT2D eigenvalue weighted by atomic mass is 19.3. The third kappa shape index (κ3) is 2.90. The molecule has 1 N–H and O–H groups in total. The fourth-order valence-corrected chi connectivity index (χ4v) is 3.11. The molecule has 1 unspecified atom stereocenters. The van der Waals surface area contributed by atoms with Crippen LogP contribution >= 0.6 is 0 Å². The Morgan fingerprint density at radius 2 is 2.21 bits per heavy atom. The van der Waals surface area contributed by atoms with Crippen molar-refractivity contribution in [2.24, 2.45) is 5.92 Å². The van der Waals surface area contributed by atoms with Crippen molar-refractivity contribution in [3.63, 3.8) is 0 Å². The molecule has 0 bridgehead atoms. The number of nitrogens with one attached hydrogen (secondary N) is 1. The normalized spacial score (nSPS) is 23.4. The number of likely N-dealkylation sites (tertiary alicyclic amines) is 1. The maximum absolute atomic E-state index is 14.4. The van der Waals surface area contributed by atoms with E-state index in [1.807, 2.05) is 0 Å². The van der Waals surface area contributed by atoms with Gasteiger partial charge in [0.1, 0.15) is 5.76 Å². The number of hydrogen-bond acceptors (Lipinski definition) is 5. The van der Waals surface area contributed by atoms with Crippen LogP contribution in [0.4, 0.5) is 8.78 Å². The summed E-state index contributed by atoms with van der Waals surface area (Å²) in [7, 11) is 0. The maximum atomic E-state index is 14.4. The second-order valence-corrected chi connectivity index (χ2v) is 6.48. The first-order chi connectivity index (χ1) is 11.5. The second kappa shape index (κ2) is 5.64. The SMILES string of the molecule is O=C(c1ccc(C2CC2)o1)N1CCC(Cc2nn[nH]n2)C(F)(F)C1. The Labute approximate surface area is 136 Å². The van der Waals surface area contributed by atoms with Gasteiger partial charge in [-0.1, -0.05) is 5.21 Å². The molecule has 24 heavy (non-hydrogen) atoms. The lowest BCUT2D eigenvalue weighted by atomic mass is 9.89. The molecule has 1 atom stereocenters. The van der Waals surface area contributed by atoms with Gasteiger partial charge in [-0.3, -0.25) is 4.79 Å². The molecule has 9 heteroatoms. The van der Waals surface area contributed by atoms with E-state index in [0.29, 0.717) is 5.92 Å². The van der Waals surface area contributed by atoms with Crippen LogP contribution in [0.3, 0.4) is 0 Å². The molecule has 0 spiro atoms. The van der Waals surface area contributed by atoms with Gasteiger partial charge >= 0.3 is 0 Å². The fraction of sp³-hybridized carbons (Fsp3) is 0.600. The number of amides is 1. The summed E-state index contributed by atoms with van der Waals surface area (Å²) >= 11 is 0. The molecule has 128 valence electrons. The average molecular weight is 337 g/mol. The van der Waals surface area contributed by atoms with Crippen LogP contribution in [0.5, 0.6) is 0 Å². The Morgan fingerprint density at radius 1 is 1.38 bits per heavy atom. The summed E-state index contributed by atoms with van der Waals surface area (Å²) in [6.07, 6.45) is 2.34. The molecule has 2 aromatic rings. The molecule has 1 aliphatic heterocycles. The molecule has 3 heterocycles. The number of aromatic amines is 1. The zero-order valence-corrected chi connectivity index (χ0v) is 12.9. The summed E-state index contributed by atoms with van der Waals surface area (Å²) in [6.45, 7) is -0.357. The van der Waals surface area contributed by atoms with Gasteiger partial charge in [0.05, 0.1) is 6.54 Å². The molecule has 1 saturated heterocycles. The van der Waals surface area contributed by atoms with Crippen LogP contribution < -0.4 is 0 Å². The van der Waals surface area contributed by atoms with Gasteiger partial charge in [-0.2, -0.15) is 5.21 Å². The van der Waals surface area contributed by atoms with E-state index in [0.717, 1.165) is 18.6 Å². The molecule has 1 amide bonds. The quantitative estimate of drug-likeness (QED) is 0.922. The molecule has 1 aliphatic carbocycles. The Hall–Kier alpha value is -2.32. The zero-order chi connectivity index (χ0) is 16.7. The molecule has 7 nitrogen and oxygen atoms in total. The summed E-state index contributed by atoms with van der Waals surface area (Å²) in [6, 6.07) is 3.35. The van der Waals surface area contributed by atoms with Gasteiger partial charge < -0.3 is 9.32 Å². The second-order valence-electron chi connectivity index (χ2n) is 6.48. The van der Waals surface area contributed by atoms with Crippen molar-refractivity contribution < 1.29 is 18.0 Å². The minimum atomic E-state index is -3.00. The number of furan rings is 1. The summed E-state index contributed by atoms with van der Waals surface area (Å²) in [5.41, 5.74) is 0. The van der Waals surface area contributed by atoms with E-state index in [2.05, 4.69) is 20.6 Å². The van der Waals surface area contributed by atoms with Crippen LogP contribution in [-0.2, 0) is 6.42 Å². The Bertz CT molecular complexity index is 726. The highest BCUT2D eigenvalue weighted by molar-refractivity contribution is 5.91. The number of halogens is 2. The monoisotopic (exact) mass is 337 g/mol. The van der Waals surface area contributed by atoms with Gasteiger partial charge in [-0.15, -0.1) is 10.2 Å². The highest BCUT2D eigenvalue weighted by Crippen LogP contribution is 2.41. The molecule has 2 aliphatic rings. The number of piperidine rings is 1. The van der Waals surface area contributed by atoms with Crippen LogP contribution in [0.25, 0.3) is 0 Å². The molecular weight excluding hydrogens is 320 g/mol. The fourth-order valence-electron chi connectivity index (χ4n) is 3.11. The van der Waals surface area contributed by atoms with Crippen LogP contribution in [0, 0.1) is 5.92 Å². The van der Waals surface area contributed by atoms with Crippen molar-refractivity contribution in [1.82, 2.24) is 25.5 Å². The van der Waals surface area contributed by atoms with Crippen molar-refractivity contribution in [3.8, 4) is 0 Å². The average Bonchev–Trinajstić information content (AvgIpc) is 3.07. The molecule has 4 rings (SSSR count). The highest BCUT2D eigenvalue weighted by Gasteiger charge is 2.46. The Morgan fingerprint density at radius 3 is 2.88 bits per heavy atom. The number of aromatic nitrogens is 4. The number of tetrazole rings is 1. The van der Waals surface area contributed by atoms with Crippen molar-refractivity contribution >= 4 is 5.91 Å². The topological polar surface area (TPSA) is 87.9 Å². The van der Waals surface area contributed by atoms with Crippen LogP contribution in [0.1, 0.15) is 47.3 Å². The molecule has 2 aromatic heterocycles. The number of rotatable bonds is 4. The lowest BCUT2D eigenvalue weighted by Crippen LogP contribution is -2.51. The number of carbonyl (C=O) groups excluding carboxylic acids is 1. The van der Waals surface area contributed by atoms with E-state index in [-0.39, 0.29) is 31.0 Å². The largest absolute Gasteiger partial charge is 0.456 e. The van der Waals surface area contributed by atoms with Crippen LogP contribution in [0.15, 0.2) is 16.5 Å². The zero-order valence-electron chi connectivity index (χ0n) is 12.9. The smallest absolute Gasteiger partial charge is 0.289 e. The number of alkyl halides is 2. The number of H-pyrrole nitrogens is 1. The van der Waals surface area contributed by atoms with Gasteiger partial charge in [0.15, 0.2) is 11.6 Å². The maximum Gasteiger partial charge on any atom is 0.289 e. The summed E-state index contributed by atoms with van der Waals surface area (Å²) < 4.78 is 34.4. The van der Waals surface area contributed by atoms with E-state index in [4.69, 9.17) is 4.42 Å². The summed E-state index contributed by atoms with van der Waals surface area (Å²) in [5, 5.41) is 13.1. The number of hydrogen-bond donors (Lipinski definition) is 1. The minimum absolute atomic E-state index is 0.0398. The lowest BCUT2D eigenvalue weighted by molar-refractivity contribution is -0.103. The lowest BCUT2D eigenvalue weighted by Gasteiger charge is -2.37. The van der Waals surface area contributed by atoms with Gasteiger partial charge in [0.2, 0.25) is 0 Å². The van der Waals surface area contributed by atoms with Crippen molar-refractivity contribution in [2.45, 2.75) is 37.5 Å². The van der Waals surface area contributed by atoms with E-state index >= 15 is 0 Å². The van der Waals surface area contributed by atoms with E-state index in [9.17, 15) is 13.6 Å². The number of carbonyl (C=O) groups is 1. The van der Waals surface area contributed by atoms with E-state index in [1.54, 1.807) is 12.1 Å². The predicted molar refractivity (Wildman–Crippen MR) is 77.5 cm³/mol. The third-order valence-electron chi connectivity index (χ3n) is 4.67. The molecule has 0 aromatic carbocycles. The van der Waals surface area contributed by atoms with Crippen molar-refractivity contribution in [2.75, 3.05) is 13.1 Å². The van der Waals surface area contributed by atoms with Crippen molar-refractivity contribution in [3.05, 3.63) is 29.5 Å². The van der Waals surface area contributed by atoms with Gasteiger partial charge in [-0.05, 0) is 31.4 Å². The summed E-state index contributed by atoms with van der Waals surface area (Å²) in [4.78, 5) is 13.6. The molecule has 2 fully saturated rings. The standard InChI is InChI=1S/C15H17F2N5O2/c16-15(17)8-22(6-5-10(15)7-13-18-20-21-19-13)14(23)12-4-3-11(24-12)9-1-2-9/h3-4,9-10H,1-2,5-8H2,(H,18,19,20,21). The van der Waals surface area contributed by atoms with E-state index in [1.165, 1.54) is 4.90 Å². The van der Waals surface area contributed by atoms with Crippen LogP contribution in [-0.4, -0.2) is 50.4 Å². The van der Waals surface area contributed by atoms with E-state index < -0.39 is 24.3 Å². The van der Waals surface area contributed by atoms with Gasteiger partial charge in [0.25, 0.3) is 11.8 Å². The third-order valence-corrected chi connectivity index (χ3v) is 4.67.